The van der Waals surface area contributed by atoms with E-state index in [1.54, 1.807) is 0 Å². The lowest BCUT2D eigenvalue weighted by Crippen LogP contribution is -2.46. The maximum atomic E-state index is 3.79. The van der Waals surface area contributed by atoms with Gasteiger partial charge in [0.2, 0.25) is 0 Å². The van der Waals surface area contributed by atoms with Crippen LogP contribution in [0.4, 0.5) is 51.2 Å². The molecular formula is C62H55N5. The molecule has 9 aromatic carbocycles. The van der Waals surface area contributed by atoms with Crippen molar-refractivity contribution in [1.29, 1.82) is 0 Å². The largest absolute Gasteiger partial charge is 0.310 e. The van der Waals surface area contributed by atoms with Crippen molar-refractivity contribution in [3.05, 3.63) is 259 Å². The molecular weight excluding hydrogens is 815 g/mol. The van der Waals surface area contributed by atoms with Gasteiger partial charge in [0.15, 0.2) is 0 Å². The van der Waals surface area contributed by atoms with Crippen molar-refractivity contribution in [1.82, 2.24) is 10.2 Å². The zero-order valence-corrected chi connectivity index (χ0v) is 38.4. The number of nitrogens with zero attached hydrogens (tertiary/aromatic N) is 4. The van der Waals surface area contributed by atoms with Crippen molar-refractivity contribution in [3.63, 3.8) is 0 Å². The molecule has 5 heteroatoms. The number of hydrogen-bond donors (Lipinski definition) is 1. The van der Waals surface area contributed by atoms with Gasteiger partial charge in [-0.1, -0.05) is 153 Å². The van der Waals surface area contributed by atoms with Gasteiger partial charge in [-0.15, -0.1) is 0 Å². The number of hydrogen-bond acceptors (Lipinski definition) is 5. The Hall–Kier alpha value is -7.70. The Balaban J connectivity index is 0.939. The third kappa shape index (κ3) is 8.07. The Labute approximate surface area is 395 Å². The maximum absolute atomic E-state index is 3.79. The first-order valence-corrected chi connectivity index (χ1v) is 23.5. The van der Waals surface area contributed by atoms with E-state index in [9.17, 15) is 0 Å². The molecule has 0 aromatic heterocycles. The van der Waals surface area contributed by atoms with E-state index in [4.69, 9.17) is 0 Å². The molecule has 0 radical (unpaired) electrons. The maximum Gasteiger partial charge on any atom is 0.0858 e. The van der Waals surface area contributed by atoms with E-state index < -0.39 is 0 Å². The topological polar surface area (TPSA) is 25.0 Å². The monoisotopic (exact) mass is 869 g/mol. The van der Waals surface area contributed by atoms with Crippen molar-refractivity contribution in [2.45, 2.75) is 31.3 Å². The van der Waals surface area contributed by atoms with E-state index >= 15 is 0 Å². The van der Waals surface area contributed by atoms with Crippen LogP contribution in [0.25, 0.3) is 11.1 Å². The Bertz CT molecular complexity index is 3050. The van der Waals surface area contributed by atoms with E-state index in [2.05, 4.69) is 282 Å². The lowest BCUT2D eigenvalue weighted by molar-refractivity contribution is 0.150. The first kappa shape index (κ1) is 42.0. The van der Waals surface area contributed by atoms with Crippen LogP contribution >= 0.6 is 0 Å². The summed E-state index contributed by atoms with van der Waals surface area (Å²) in [6, 6.07) is 85.9. The Kier molecular flexibility index (Phi) is 11.2. The van der Waals surface area contributed by atoms with Crippen LogP contribution in [-0.2, 0) is 5.41 Å². The van der Waals surface area contributed by atoms with E-state index in [0.717, 1.165) is 52.9 Å². The predicted molar refractivity (Wildman–Crippen MR) is 281 cm³/mol. The second-order valence-corrected chi connectivity index (χ2v) is 18.4. The van der Waals surface area contributed by atoms with Gasteiger partial charge in [-0.3, -0.25) is 10.2 Å². The molecule has 1 saturated heterocycles. The van der Waals surface area contributed by atoms with Crippen molar-refractivity contribution in [3.8, 4) is 11.1 Å². The number of nitrogens with one attached hydrogen (secondary N) is 1. The minimum atomic E-state index is -0.355. The molecule has 2 aliphatic rings. The van der Waals surface area contributed by atoms with Crippen LogP contribution in [0.3, 0.4) is 0 Å². The molecule has 5 nitrogen and oxygen atoms in total. The van der Waals surface area contributed by atoms with Crippen molar-refractivity contribution in [2.24, 2.45) is 0 Å². The highest BCUT2D eigenvalue weighted by Crippen LogP contribution is 2.55. The lowest BCUT2D eigenvalue weighted by atomic mass is 9.73. The first-order valence-electron chi connectivity index (χ1n) is 23.5. The van der Waals surface area contributed by atoms with E-state index in [-0.39, 0.29) is 11.6 Å². The second-order valence-electron chi connectivity index (χ2n) is 18.4. The first-order chi connectivity index (χ1) is 32.9. The lowest BCUT2D eigenvalue weighted by Gasteiger charge is -2.43. The molecule has 2 heterocycles. The molecule has 67 heavy (non-hydrogen) atoms. The summed E-state index contributed by atoms with van der Waals surface area (Å²) in [5, 5.41) is 3.79. The van der Waals surface area contributed by atoms with Gasteiger partial charge in [0.1, 0.15) is 0 Å². The predicted octanol–water partition coefficient (Wildman–Crippen LogP) is 15.7. The number of likely N-dealkylation sites (N-methyl/N-ethyl adjacent to an activating group) is 1. The summed E-state index contributed by atoms with van der Waals surface area (Å²) in [5.41, 5.74) is 17.4. The van der Waals surface area contributed by atoms with E-state index in [1.807, 2.05) is 0 Å². The summed E-state index contributed by atoms with van der Waals surface area (Å²) >= 11 is 0. The summed E-state index contributed by atoms with van der Waals surface area (Å²) in [6.07, 6.45) is 0.240. The fourth-order valence-electron chi connectivity index (χ4n) is 10.4. The summed E-state index contributed by atoms with van der Waals surface area (Å²) in [7, 11) is 2.22. The highest BCUT2D eigenvalue weighted by Gasteiger charge is 2.38. The van der Waals surface area contributed by atoms with Gasteiger partial charge in [-0.25, -0.2) is 0 Å². The number of rotatable bonds is 10. The highest BCUT2D eigenvalue weighted by molar-refractivity contribution is 5.90. The zero-order chi connectivity index (χ0) is 45.3. The Morgan fingerprint density at radius 2 is 0.836 bits per heavy atom. The average Bonchev–Trinajstić information content (AvgIpc) is 3.39. The zero-order valence-electron chi connectivity index (χ0n) is 38.4. The molecule has 0 spiro atoms. The number of fused-ring (bicyclic) bond motifs is 2. The summed E-state index contributed by atoms with van der Waals surface area (Å²) in [6.45, 7) is 6.72. The van der Waals surface area contributed by atoms with Crippen LogP contribution < -0.4 is 20.0 Å². The SMILES string of the molecule is CN1CC(c2ccc(-c3ccc(N(c4ccccc4)c4ccc5c(c4)C(C)(C)c4cc(N(c6ccccc6)c6ccccc6)ccc4N5c4ccccc4)cc3)cc2)CNC1c1ccccc1. The quantitative estimate of drug-likeness (QED) is 0.148. The Morgan fingerprint density at radius 3 is 1.30 bits per heavy atom. The van der Waals surface area contributed by atoms with Crippen LogP contribution in [0.2, 0.25) is 0 Å². The molecule has 0 bridgehead atoms. The molecule has 328 valence electrons. The van der Waals surface area contributed by atoms with Gasteiger partial charge in [0, 0.05) is 64.2 Å². The molecule has 0 amide bonds. The molecule has 0 saturated carbocycles. The van der Waals surface area contributed by atoms with Gasteiger partial charge >= 0.3 is 0 Å². The smallest absolute Gasteiger partial charge is 0.0858 e. The van der Waals surface area contributed by atoms with Crippen LogP contribution in [0.1, 0.15) is 48.2 Å². The third-order valence-corrected chi connectivity index (χ3v) is 13.8. The minimum absolute atomic E-state index is 0.240. The molecule has 2 atom stereocenters. The molecule has 2 unspecified atom stereocenters. The summed E-state index contributed by atoms with van der Waals surface area (Å²) < 4.78 is 0. The molecule has 1 N–H and O–H groups in total. The van der Waals surface area contributed by atoms with Gasteiger partial charge in [0.25, 0.3) is 0 Å². The van der Waals surface area contributed by atoms with Gasteiger partial charge < -0.3 is 14.7 Å². The Morgan fingerprint density at radius 1 is 0.433 bits per heavy atom. The second kappa shape index (κ2) is 17.9. The fourth-order valence-corrected chi connectivity index (χ4v) is 10.4. The number of anilines is 9. The number of para-hydroxylation sites is 4. The average molecular weight is 870 g/mol. The van der Waals surface area contributed by atoms with Crippen molar-refractivity contribution >= 4 is 51.2 Å². The van der Waals surface area contributed by atoms with Crippen LogP contribution in [0, 0.1) is 0 Å². The normalized spacial score (nSPS) is 16.4. The van der Waals surface area contributed by atoms with Gasteiger partial charge in [0.05, 0.1) is 17.5 Å². The molecule has 9 aromatic rings. The highest BCUT2D eigenvalue weighted by atomic mass is 15.3. The molecule has 11 rings (SSSR count). The van der Waals surface area contributed by atoms with Crippen molar-refractivity contribution < 1.29 is 0 Å². The number of benzene rings is 9. The van der Waals surface area contributed by atoms with Crippen molar-refractivity contribution in [2.75, 3.05) is 34.8 Å². The minimum Gasteiger partial charge on any atom is -0.310 e. The molecule has 2 aliphatic heterocycles. The van der Waals surface area contributed by atoms with Crippen LogP contribution in [0.5, 0.6) is 0 Å². The molecule has 1 fully saturated rings. The molecule has 0 aliphatic carbocycles. The third-order valence-electron chi connectivity index (χ3n) is 13.8. The van der Waals surface area contributed by atoms with Crippen LogP contribution in [0.15, 0.2) is 237 Å². The standard InChI is InChI=1S/C62H55N5/c1-62(2)57-41-55(65(50-21-11-5-12-22-50)51-23-13-6-14-24-51)37-39-59(57)67(53-27-17-8-18-28-53)60-40-38-56(42-58(60)62)66(52-25-15-7-16-26-52)54-35-33-46(34-36-54)45-29-31-47(32-30-45)49-43-63-61(64(3)44-49)48-19-9-4-10-20-48/h4-42,49,61,63H,43-44H2,1-3H3. The van der Waals surface area contributed by atoms with Crippen LogP contribution in [-0.4, -0.2) is 25.0 Å². The van der Waals surface area contributed by atoms with Gasteiger partial charge in [-0.05, 0) is 137 Å². The van der Waals surface area contributed by atoms with E-state index in [0.29, 0.717) is 5.92 Å². The summed E-state index contributed by atoms with van der Waals surface area (Å²) in [5.74, 6) is 0.427. The summed E-state index contributed by atoms with van der Waals surface area (Å²) in [4.78, 5) is 9.62. The fraction of sp³-hybridized carbons (Fsp3) is 0.129. The van der Waals surface area contributed by atoms with E-state index in [1.165, 1.54) is 44.8 Å². The van der Waals surface area contributed by atoms with Gasteiger partial charge in [-0.2, -0.15) is 0 Å².